The molecule has 0 bridgehead atoms. The molecule has 0 saturated carbocycles. The molecule has 2 nitrogen and oxygen atoms in total. The van der Waals surface area contributed by atoms with E-state index < -0.39 is 0 Å². The molecule has 1 heterocycles. The maximum absolute atomic E-state index is 5.51. The zero-order chi connectivity index (χ0) is 9.42. The molecule has 0 N–H and O–H groups in total. The highest BCUT2D eigenvalue weighted by Crippen LogP contribution is 2.36. The number of hydrogen-bond acceptors (Lipinski definition) is 4. The number of anilines is 1. The molecule has 0 amide bonds. The van der Waals surface area contributed by atoms with Crippen molar-refractivity contribution in [2.24, 2.45) is 0 Å². The van der Waals surface area contributed by atoms with E-state index in [1.165, 1.54) is 0 Å². The van der Waals surface area contributed by atoms with Crippen molar-refractivity contribution >= 4 is 31.1 Å². The molecule has 4 heteroatoms. The SMILES string of the molecule is Cc1cc2c(cc1S)N(S)CCO2. The number of thiol groups is 2. The fourth-order valence-electron chi connectivity index (χ4n) is 1.34. The molecule has 0 fully saturated rings. The summed E-state index contributed by atoms with van der Waals surface area (Å²) in [6.45, 7) is 3.53. The largest absolute Gasteiger partial charge is 0.489 e. The van der Waals surface area contributed by atoms with E-state index in [4.69, 9.17) is 4.74 Å². The Kier molecular flexibility index (Phi) is 2.34. The van der Waals surface area contributed by atoms with E-state index in [1.807, 2.05) is 23.4 Å². The van der Waals surface area contributed by atoms with Crippen LogP contribution < -0.4 is 9.04 Å². The maximum atomic E-state index is 5.51. The monoisotopic (exact) mass is 213 g/mol. The van der Waals surface area contributed by atoms with E-state index in [2.05, 4.69) is 25.4 Å². The minimum absolute atomic E-state index is 0.696. The lowest BCUT2D eigenvalue weighted by atomic mass is 10.2. The van der Waals surface area contributed by atoms with Crippen molar-refractivity contribution in [1.29, 1.82) is 0 Å². The fourth-order valence-corrected chi connectivity index (χ4v) is 1.76. The Bertz CT molecular complexity index is 341. The zero-order valence-corrected chi connectivity index (χ0v) is 9.11. The van der Waals surface area contributed by atoms with Crippen molar-refractivity contribution in [3.8, 4) is 5.75 Å². The zero-order valence-electron chi connectivity index (χ0n) is 7.32. The van der Waals surface area contributed by atoms with Crippen LogP contribution in [0.1, 0.15) is 5.56 Å². The Morgan fingerprint density at radius 1 is 1.46 bits per heavy atom. The second-order valence-corrected chi connectivity index (χ2v) is 4.04. The number of hydrogen-bond donors (Lipinski definition) is 2. The average molecular weight is 213 g/mol. The molecule has 0 unspecified atom stereocenters. The first-order chi connectivity index (χ1) is 6.18. The molecule has 0 aliphatic carbocycles. The van der Waals surface area contributed by atoms with Crippen molar-refractivity contribution in [3.05, 3.63) is 17.7 Å². The molecular weight excluding hydrogens is 202 g/mol. The third-order valence-corrected chi connectivity index (χ3v) is 3.01. The van der Waals surface area contributed by atoms with Crippen molar-refractivity contribution in [2.45, 2.75) is 11.8 Å². The normalized spacial score (nSPS) is 15.2. The van der Waals surface area contributed by atoms with Gasteiger partial charge in [0, 0.05) is 4.90 Å². The molecule has 1 aromatic carbocycles. The van der Waals surface area contributed by atoms with Gasteiger partial charge in [-0.05, 0) is 24.6 Å². The van der Waals surface area contributed by atoms with E-state index in [1.54, 1.807) is 0 Å². The van der Waals surface area contributed by atoms with Gasteiger partial charge >= 0.3 is 0 Å². The van der Waals surface area contributed by atoms with Crippen LogP contribution in [-0.2, 0) is 0 Å². The van der Waals surface area contributed by atoms with E-state index in [0.29, 0.717) is 6.61 Å². The summed E-state index contributed by atoms with van der Waals surface area (Å²) in [7, 11) is 0. The Morgan fingerprint density at radius 2 is 2.23 bits per heavy atom. The number of rotatable bonds is 0. The molecular formula is C9H11NOS2. The molecule has 0 aromatic heterocycles. The number of ether oxygens (including phenoxy) is 1. The van der Waals surface area contributed by atoms with Crippen LogP contribution in [0, 0.1) is 6.92 Å². The van der Waals surface area contributed by atoms with Crippen molar-refractivity contribution in [2.75, 3.05) is 17.5 Å². The Hall–Kier alpha value is -0.480. The molecule has 0 spiro atoms. The summed E-state index contributed by atoms with van der Waals surface area (Å²) in [5.74, 6) is 0.900. The lowest BCUT2D eigenvalue weighted by Crippen LogP contribution is -2.24. The van der Waals surface area contributed by atoms with Gasteiger partial charge in [0.15, 0.2) is 0 Å². The summed E-state index contributed by atoms with van der Waals surface area (Å²) >= 11 is 8.70. The summed E-state index contributed by atoms with van der Waals surface area (Å²) in [4.78, 5) is 0.975. The lowest BCUT2D eigenvalue weighted by molar-refractivity contribution is 0.317. The molecule has 0 atom stereocenters. The van der Waals surface area contributed by atoms with Gasteiger partial charge in [-0.3, -0.25) is 0 Å². The highest BCUT2D eigenvalue weighted by Gasteiger charge is 2.16. The first-order valence-electron chi connectivity index (χ1n) is 4.11. The fraction of sp³-hybridized carbons (Fsp3) is 0.333. The minimum atomic E-state index is 0.696. The minimum Gasteiger partial charge on any atom is -0.489 e. The molecule has 2 rings (SSSR count). The standard InChI is InChI=1S/C9H11NOS2/c1-6-4-8-7(5-9(6)12)10(13)2-3-11-8/h4-5,12-13H,2-3H2,1H3. The summed E-state index contributed by atoms with van der Waals surface area (Å²) in [5.41, 5.74) is 2.14. The van der Waals surface area contributed by atoms with Crippen molar-refractivity contribution in [1.82, 2.24) is 0 Å². The quantitative estimate of drug-likeness (QED) is 0.642. The Morgan fingerprint density at radius 3 is 3.00 bits per heavy atom. The number of fused-ring (bicyclic) bond motifs is 1. The number of benzene rings is 1. The van der Waals surface area contributed by atoms with Gasteiger partial charge in [-0.1, -0.05) is 12.8 Å². The van der Waals surface area contributed by atoms with Gasteiger partial charge in [0.25, 0.3) is 0 Å². The predicted molar refractivity (Wildman–Crippen MR) is 60.3 cm³/mol. The molecule has 0 radical (unpaired) electrons. The van der Waals surface area contributed by atoms with E-state index in [-0.39, 0.29) is 0 Å². The molecule has 1 aliphatic rings. The van der Waals surface area contributed by atoms with Crippen LogP contribution in [0.4, 0.5) is 5.69 Å². The van der Waals surface area contributed by atoms with Gasteiger partial charge in [-0.2, -0.15) is 0 Å². The van der Waals surface area contributed by atoms with E-state index in [0.717, 1.165) is 28.4 Å². The van der Waals surface area contributed by atoms with Crippen LogP contribution in [-0.4, -0.2) is 13.2 Å². The third-order valence-electron chi connectivity index (χ3n) is 2.12. The third kappa shape index (κ3) is 1.60. The number of aryl methyl sites for hydroxylation is 1. The first kappa shape index (κ1) is 9.09. The summed E-state index contributed by atoms with van der Waals surface area (Å²) < 4.78 is 7.39. The van der Waals surface area contributed by atoms with Crippen LogP contribution >= 0.6 is 25.4 Å². The van der Waals surface area contributed by atoms with Crippen LogP contribution in [0.25, 0.3) is 0 Å². The first-order valence-corrected chi connectivity index (χ1v) is 4.96. The van der Waals surface area contributed by atoms with Crippen LogP contribution in [0.15, 0.2) is 17.0 Å². The predicted octanol–water partition coefficient (Wildman–Crippen LogP) is 2.33. The van der Waals surface area contributed by atoms with E-state index >= 15 is 0 Å². The van der Waals surface area contributed by atoms with Crippen molar-refractivity contribution < 1.29 is 4.74 Å². The van der Waals surface area contributed by atoms with Gasteiger partial charge < -0.3 is 9.04 Å². The van der Waals surface area contributed by atoms with Crippen LogP contribution in [0.5, 0.6) is 5.75 Å². The average Bonchev–Trinajstić information content (AvgIpc) is 2.09. The molecule has 70 valence electrons. The van der Waals surface area contributed by atoms with Crippen LogP contribution in [0.3, 0.4) is 0 Å². The van der Waals surface area contributed by atoms with Gasteiger partial charge in [0.1, 0.15) is 12.4 Å². The summed E-state index contributed by atoms with van der Waals surface area (Å²) in [5, 5.41) is 0. The van der Waals surface area contributed by atoms with Gasteiger partial charge in [0.2, 0.25) is 0 Å². The van der Waals surface area contributed by atoms with Gasteiger partial charge in [-0.15, -0.1) is 12.6 Å². The summed E-state index contributed by atoms with van der Waals surface area (Å²) in [6, 6.07) is 3.99. The smallest absolute Gasteiger partial charge is 0.143 e. The van der Waals surface area contributed by atoms with Crippen LogP contribution in [0.2, 0.25) is 0 Å². The second-order valence-electron chi connectivity index (χ2n) is 3.08. The second kappa shape index (κ2) is 3.35. The molecule has 1 aliphatic heterocycles. The van der Waals surface area contributed by atoms with Crippen molar-refractivity contribution in [3.63, 3.8) is 0 Å². The molecule has 0 saturated heterocycles. The highest BCUT2D eigenvalue weighted by atomic mass is 32.1. The Labute approximate surface area is 88.8 Å². The maximum Gasteiger partial charge on any atom is 0.143 e. The summed E-state index contributed by atoms with van der Waals surface area (Å²) in [6.07, 6.45) is 0. The lowest BCUT2D eigenvalue weighted by Gasteiger charge is -2.27. The number of nitrogens with zero attached hydrogens (tertiary/aromatic N) is 1. The molecule has 13 heavy (non-hydrogen) atoms. The highest BCUT2D eigenvalue weighted by molar-refractivity contribution is 7.81. The van der Waals surface area contributed by atoms with E-state index in [9.17, 15) is 0 Å². The molecule has 1 aromatic rings. The van der Waals surface area contributed by atoms with Gasteiger partial charge in [0.05, 0.1) is 12.2 Å². The van der Waals surface area contributed by atoms with Gasteiger partial charge in [-0.25, -0.2) is 0 Å². The topological polar surface area (TPSA) is 12.5 Å². The Balaban J connectivity index is 2.52.